The lowest BCUT2D eigenvalue weighted by Crippen LogP contribution is -2.02. The number of hydrogen-bond acceptors (Lipinski definition) is 8. The van der Waals surface area contributed by atoms with Gasteiger partial charge in [0.05, 0.1) is 22.0 Å². The maximum atomic E-state index is 13.6. The average molecular weight is 444 g/mol. The van der Waals surface area contributed by atoms with Crippen LogP contribution in [-0.2, 0) is 0 Å². The second-order valence-corrected chi connectivity index (χ2v) is 6.24. The van der Waals surface area contributed by atoms with Gasteiger partial charge in [-0.05, 0) is 26.0 Å². The van der Waals surface area contributed by atoms with Crippen LogP contribution in [0, 0.1) is 45.7 Å². The van der Waals surface area contributed by atoms with Gasteiger partial charge in [-0.15, -0.1) is 0 Å². The van der Waals surface area contributed by atoms with E-state index in [2.05, 4.69) is 20.2 Å². The third-order valence-electron chi connectivity index (χ3n) is 4.08. The fraction of sp³-hybridized carbons (Fsp3) is 0.111. The predicted molar refractivity (Wildman–Crippen MR) is 105 cm³/mol. The van der Waals surface area contributed by atoms with Crippen LogP contribution in [-0.4, -0.2) is 39.4 Å². The minimum atomic E-state index is -0.709. The number of aryl methyl sites for hydroxylation is 2. The molecule has 4 rings (SSSR count). The third kappa shape index (κ3) is 4.75. The molecule has 0 saturated carbocycles. The first-order valence-electron chi connectivity index (χ1n) is 8.81. The van der Waals surface area contributed by atoms with E-state index < -0.39 is 21.5 Å². The van der Waals surface area contributed by atoms with Gasteiger partial charge in [0.25, 0.3) is 11.4 Å². The summed E-state index contributed by atoms with van der Waals surface area (Å²) in [6.45, 7) is 3.33. The lowest BCUT2D eigenvalue weighted by atomic mass is 10.2. The molecule has 2 heterocycles. The number of nitrogens with zero attached hydrogens (tertiary/aromatic N) is 8. The number of hydrogen-bond donors (Lipinski definition) is 0. The first-order valence-corrected chi connectivity index (χ1v) is 8.81. The Morgan fingerprint density at radius 1 is 0.875 bits per heavy atom. The molecule has 0 aliphatic carbocycles. The van der Waals surface area contributed by atoms with Gasteiger partial charge in [-0.2, -0.15) is 10.2 Å². The van der Waals surface area contributed by atoms with Crippen LogP contribution in [0.5, 0.6) is 0 Å². The molecule has 2 aromatic carbocycles. The first-order chi connectivity index (χ1) is 15.2. The summed E-state index contributed by atoms with van der Waals surface area (Å²) >= 11 is 0. The summed E-state index contributed by atoms with van der Waals surface area (Å²) in [6, 6.07) is 6.74. The number of rotatable bonds is 4. The van der Waals surface area contributed by atoms with E-state index in [1.165, 1.54) is 46.3 Å². The van der Waals surface area contributed by atoms with Crippen LogP contribution < -0.4 is 0 Å². The normalized spacial score (nSPS) is 10.4. The lowest BCUT2D eigenvalue weighted by molar-refractivity contribution is -0.385. The van der Waals surface area contributed by atoms with Crippen molar-refractivity contribution in [2.24, 2.45) is 0 Å². The van der Waals surface area contributed by atoms with E-state index in [1.807, 2.05) is 0 Å². The van der Waals surface area contributed by atoms with Crippen molar-refractivity contribution in [2.75, 3.05) is 0 Å². The van der Waals surface area contributed by atoms with Crippen molar-refractivity contribution >= 4 is 11.4 Å². The summed E-state index contributed by atoms with van der Waals surface area (Å²) in [5.41, 5.74) is -0.316. The summed E-state index contributed by atoms with van der Waals surface area (Å²) < 4.78 is 29.6. The number of nitro benzene ring substituents is 2. The summed E-state index contributed by atoms with van der Waals surface area (Å²) in [5, 5.41) is 28.6. The minimum Gasteiger partial charge on any atom is -0.258 e. The molecular weight excluding hydrogens is 430 g/mol. The second kappa shape index (κ2) is 9.03. The van der Waals surface area contributed by atoms with E-state index in [0.29, 0.717) is 11.6 Å². The summed E-state index contributed by atoms with van der Waals surface area (Å²) in [4.78, 5) is 27.2. The smallest absolute Gasteiger partial charge is 0.258 e. The Morgan fingerprint density at radius 2 is 1.44 bits per heavy atom. The van der Waals surface area contributed by atoms with Gasteiger partial charge in [-0.3, -0.25) is 20.2 Å². The second-order valence-electron chi connectivity index (χ2n) is 6.24. The van der Waals surface area contributed by atoms with E-state index in [4.69, 9.17) is 0 Å². The fourth-order valence-electron chi connectivity index (χ4n) is 2.57. The molecule has 0 unspecified atom stereocenters. The predicted octanol–water partition coefficient (Wildman–Crippen LogP) is 3.25. The summed E-state index contributed by atoms with van der Waals surface area (Å²) in [6.07, 6.45) is 2.63. The Labute approximate surface area is 178 Å². The monoisotopic (exact) mass is 444 g/mol. The van der Waals surface area contributed by atoms with Crippen LogP contribution >= 0.6 is 0 Å². The quantitative estimate of drug-likeness (QED) is 0.344. The zero-order valence-corrected chi connectivity index (χ0v) is 16.6. The van der Waals surface area contributed by atoms with E-state index in [1.54, 1.807) is 13.8 Å². The number of aromatic nitrogens is 6. The number of halogens is 2. The van der Waals surface area contributed by atoms with Gasteiger partial charge in [0.1, 0.15) is 35.7 Å². The number of nitro groups is 2. The maximum absolute atomic E-state index is 13.6. The SMILES string of the molecule is Cc1ncn(-c2ccc([N+](=O)[O-])cc2F)n1.Cc1ncnn1-c1ccc([N+](=O)[O-])cc1F. The molecule has 0 saturated heterocycles. The molecule has 0 spiro atoms. The van der Waals surface area contributed by atoms with Gasteiger partial charge in [0, 0.05) is 12.1 Å². The molecule has 164 valence electrons. The Morgan fingerprint density at radius 3 is 1.84 bits per heavy atom. The molecule has 12 nitrogen and oxygen atoms in total. The molecule has 0 radical (unpaired) electrons. The standard InChI is InChI=1S/2C9H7FN4O2/c1-6-11-5-13(12-6)9-3-2-7(14(15)16)4-8(9)10;1-6-11-5-12-13(6)9-3-2-7(14(15)16)4-8(9)10/h2*2-5H,1H3. The topological polar surface area (TPSA) is 148 Å². The average Bonchev–Trinajstić information content (AvgIpc) is 3.36. The molecule has 4 aromatic rings. The van der Waals surface area contributed by atoms with Crippen LogP contribution in [0.2, 0.25) is 0 Å². The molecule has 0 fully saturated rings. The zero-order chi connectivity index (χ0) is 23.4. The highest BCUT2D eigenvalue weighted by Crippen LogP contribution is 2.20. The Hall–Kier alpha value is -4.62. The van der Waals surface area contributed by atoms with Gasteiger partial charge in [0.2, 0.25) is 0 Å². The van der Waals surface area contributed by atoms with Gasteiger partial charge in [0.15, 0.2) is 11.6 Å². The Bertz CT molecular complexity index is 1300. The molecular formula is C18H14F2N8O4. The van der Waals surface area contributed by atoms with Gasteiger partial charge in [-0.25, -0.2) is 28.1 Å². The van der Waals surface area contributed by atoms with Crippen molar-refractivity contribution in [1.82, 2.24) is 29.5 Å². The van der Waals surface area contributed by atoms with Gasteiger partial charge in [-0.1, -0.05) is 0 Å². The number of non-ortho nitro benzene ring substituents is 2. The van der Waals surface area contributed by atoms with Crippen molar-refractivity contribution < 1.29 is 18.6 Å². The van der Waals surface area contributed by atoms with E-state index in [-0.39, 0.29) is 22.7 Å². The first kappa shape index (κ1) is 22.1. The largest absolute Gasteiger partial charge is 0.272 e. The highest BCUT2D eigenvalue weighted by molar-refractivity contribution is 5.42. The van der Waals surface area contributed by atoms with E-state index in [0.717, 1.165) is 12.1 Å². The molecule has 14 heteroatoms. The van der Waals surface area contributed by atoms with Crippen LogP contribution in [0.4, 0.5) is 20.2 Å². The highest BCUT2D eigenvalue weighted by Gasteiger charge is 2.14. The Kier molecular flexibility index (Phi) is 6.23. The van der Waals surface area contributed by atoms with Crippen LogP contribution in [0.25, 0.3) is 11.4 Å². The minimum absolute atomic E-state index is 0.131. The van der Waals surface area contributed by atoms with Crippen LogP contribution in [0.1, 0.15) is 11.6 Å². The molecule has 0 atom stereocenters. The van der Waals surface area contributed by atoms with Gasteiger partial charge >= 0.3 is 0 Å². The van der Waals surface area contributed by atoms with Gasteiger partial charge < -0.3 is 0 Å². The molecule has 0 bridgehead atoms. The third-order valence-corrected chi connectivity index (χ3v) is 4.08. The molecule has 32 heavy (non-hydrogen) atoms. The van der Waals surface area contributed by atoms with Crippen molar-refractivity contribution in [3.8, 4) is 11.4 Å². The van der Waals surface area contributed by atoms with Crippen molar-refractivity contribution in [1.29, 1.82) is 0 Å². The van der Waals surface area contributed by atoms with Crippen molar-refractivity contribution in [3.05, 3.63) is 92.6 Å². The highest BCUT2D eigenvalue weighted by atomic mass is 19.1. The van der Waals surface area contributed by atoms with E-state index >= 15 is 0 Å². The zero-order valence-electron chi connectivity index (χ0n) is 16.6. The molecule has 0 aliphatic rings. The van der Waals surface area contributed by atoms with E-state index in [9.17, 15) is 29.0 Å². The maximum Gasteiger partial charge on any atom is 0.272 e. The fourth-order valence-corrected chi connectivity index (χ4v) is 2.57. The van der Waals surface area contributed by atoms with Crippen molar-refractivity contribution in [3.63, 3.8) is 0 Å². The molecule has 0 N–H and O–H groups in total. The summed E-state index contributed by atoms with van der Waals surface area (Å²) in [7, 11) is 0. The molecule has 0 amide bonds. The summed E-state index contributed by atoms with van der Waals surface area (Å²) in [5.74, 6) is -0.410. The molecule has 2 aromatic heterocycles. The molecule has 0 aliphatic heterocycles. The number of benzene rings is 2. The van der Waals surface area contributed by atoms with Crippen LogP contribution in [0.15, 0.2) is 49.1 Å². The Balaban J connectivity index is 0.000000181. The van der Waals surface area contributed by atoms with Crippen molar-refractivity contribution in [2.45, 2.75) is 13.8 Å². The lowest BCUT2D eigenvalue weighted by Gasteiger charge is -2.03. The van der Waals surface area contributed by atoms with Crippen LogP contribution in [0.3, 0.4) is 0 Å².